The molecule has 0 aromatic rings. The maximum atomic E-state index is 11.2. The predicted molar refractivity (Wildman–Crippen MR) is 48.6 cm³/mol. The van der Waals surface area contributed by atoms with Crippen molar-refractivity contribution >= 4 is 11.9 Å². The molecule has 1 aliphatic rings. The van der Waals surface area contributed by atoms with Crippen LogP contribution in [0.3, 0.4) is 0 Å². The topological polar surface area (TPSA) is 64.6 Å². The molecular weight excluding hydrogens is 186 g/mol. The number of hydrogen-bond donors (Lipinski definition) is 1. The van der Waals surface area contributed by atoms with Crippen LogP contribution in [0.4, 0.5) is 0 Å². The maximum absolute atomic E-state index is 11.2. The number of carbonyl (C=O) groups is 2. The predicted octanol–water partition coefficient (Wildman–Crippen LogP) is -0.157. The molecule has 80 valence electrons. The Balaban J connectivity index is 2.51. The van der Waals surface area contributed by atoms with E-state index in [1.165, 1.54) is 14.2 Å². The third-order valence-corrected chi connectivity index (χ3v) is 2.36. The van der Waals surface area contributed by atoms with E-state index in [-0.39, 0.29) is 24.0 Å². The highest BCUT2D eigenvalue weighted by Crippen LogP contribution is 2.14. The standard InChI is InChI=1S/C9H15NO4/c1-13-8(11)6-4-3-5-7(10-6)9(12)14-2/h6-7,10H,3-5H2,1-2H3/t6-,7-/m0/s1. The van der Waals surface area contributed by atoms with Crippen molar-refractivity contribution in [2.45, 2.75) is 31.3 Å². The van der Waals surface area contributed by atoms with Crippen molar-refractivity contribution in [2.75, 3.05) is 14.2 Å². The normalized spacial score (nSPS) is 26.7. The van der Waals surface area contributed by atoms with Gasteiger partial charge in [-0.25, -0.2) is 0 Å². The van der Waals surface area contributed by atoms with Gasteiger partial charge in [0.1, 0.15) is 12.1 Å². The minimum Gasteiger partial charge on any atom is -0.468 e. The number of rotatable bonds is 2. The van der Waals surface area contributed by atoms with Gasteiger partial charge in [-0.2, -0.15) is 0 Å². The van der Waals surface area contributed by atoms with Crippen LogP contribution in [-0.2, 0) is 19.1 Å². The Morgan fingerprint density at radius 3 is 1.86 bits per heavy atom. The van der Waals surface area contributed by atoms with Crippen LogP contribution in [-0.4, -0.2) is 38.2 Å². The van der Waals surface area contributed by atoms with Crippen molar-refractivity contribution in [2.24, 2.45) is 0 Å². The van der Waals surface area contributed by atoms with Gasteiger partial charge in [-0.15, -0.1) is 0 Å². The van der Waals surface area contributed by atoms with Crippen LogP contribution in [0.25, 0.3) is 0 Å². The molecule has 0 saturated carbocycles. The summed E-state index contributed by atoms with van der Waals surface area (Å²) < 4.78 is 9.20. The molecule has 0 aromatic carbocycles. The Hall–Kier alpha value is -1.10. The van der Waals surface area contributed by atoms with Gasteiger partial charge in [0.25, 0.3) is 0 Å². The molecule has 1 saturated heterocycles. The Kier molecular flexibility index (Phi) is 3.88. The number of methoxy groups -OCH3 is 2. The van der Waals surface area contributed by atoms with Gasteiger partial charge in [-0.3, -0.25) is 14.9 Å². The van der Waals surface area contributed by atoms with Crippen molar-refractivity contribution in [3.8, 4) is 0 Å². The second-order valence-electron chi connectivity index (χ2n) is 3.25. The SMILES string of the molecule is COC(=O)[C@@H]1CCC[C@@H](C(=O)OC)N1. The average Bonchev–Trinajstić information content (AvgIpc) is 2.27. The summed E-state index contributed by atoms with van der Waals surface area (Å²) in [6.07, 6.45) is 2.24. The first-order chi connectivity index (χ1) is 6.69. The zero-order chi connectivity index (χ0) is 10.6. The molecule has 0 bridgehead atoms. The molecule has 0 aliphatic carbocycles. The fraction of sp³-hybridized carbons (Fsp3) is 0.778. The molecule has 0 radical (unpaired) electrons. The molecule has 14 heavy (non-hydrogen) atoms. The Bertz CT molecular complexity index is 207. The van der Waals surface area contributed by atoms with E-state index in [1.807, 2.05) is 0 Å². The van der Waals surface area contributed by atoms with Crippen LogP contribution in [0, 0.1) is 0 Å². The van der Waals surface area contributed by atoms with E-state index >= 15 is 0 Å². The van der Waals surface area contributed by atoms with E-state index in [0.717, 1.165) is 6.42 Å². The Morgan fingerprint density at radius 2 is 1.50 bits per heavy atom. The summed E-state index contributed by atoms with van der Waals surface area (Å²) in [6, 6.07) is -0.754. The van der Waals surface area contributed by atoms with Crippen molar-refractivity contribution < 1.29 is 19.1 Å². The third kappa shape index (κ3) is 2.45. The fourth-order valence-corrected chi connectivity index (χ4v) is 1.59. The van der Waals surface area contributed by atoms with Gasteiger partial charge in [0.05, 0.1) is 14.2 Å². The molecule has 5 nitrogen and oxygen atoms in total. The van der Waals surface area contributed by atoms with Crippen LogP contribution in [0.1, 0.15) is 19.3 Å². The molecule has 5 heteroatoms. The summed E-state index contributed by atoms with van der Waals surface area (Å²) >= 11 is 0. The molecule has 0 amide bonds. The van der Waals surface area contributed by atoms with Crippen LogP contribution in [0.15, 0.2) is 0 Å². The molecule has 0 spiro atoms. The van der Waals surface area contributed by atoms with E-state index in [2.05, 4.69) is 14.8 Å². The largest absolute Gasteiger partial charge is 0.468 e. The second-order valence-corrected chi connectivity index (χ2v) is 3.25. The van der Waals surface area contributed by atoms with E-state index in [9.17, 15) is 9.59 Å². The summed E-state index contributed by atoms with van der Waals surface area (Å²) in [4.78, 5) is 22.4. The van der Waals surface area contributed by atoms with Crippen LogP contribution >= 0.6 is 0 Å². The van der Waals surface area contributed by atoms with Crippen molar-refractivity contribution in [1.29, 1.82) is 0 Å². The van der Waals surface area contributed by atoms with Crippen LogP contribution in [0.5, 0.6) is 0 Å². The van der Waals surface area contributed by atoms with Gasteiger partial charge in [0.2, 0.25) is 0 Å². The number of piperidine rings is 1. The molecule has 1 rings (SSSR count). The number of nitrogens with one attached hydrogen (secondary N) is 1. The number of ether oxygens (including phenoxy) is 2. The quantitative estimate of drug-likeness (QED) is 0.629. The Morgan fingerprint density at radius 1 is 1.07 bits per heavy atom. The van der Waals surface area contributed by atoms with Gasteiger partial charge in [-0.1, -0.05) is 0 Å². The van der Waals surface area contributed by atoms with Gasteiger partial charge in [0.15, 0.2) is 0 Å². The van der Waals surface area contributed by atoms with Crippen LogP contribution < -0.4 is 5.32 Å². The van der Waals surface area contributed by atoms with E-state index in [0.29, 0.717) is 12.8 Å². The van der Waals surface area contributed by atoms with Gasteiger partial charge < -0.3 is 9.47 Å². The molecule has 2 atom stereocenters. The second kappa shape index (κ2) is 4.95. The fourth-order valence-electron chi connectivity index (χ4n) is 1.59. The summed E-state index contributed by atoms with van der Waals surface area (Å²) in [5.74, 6) is -0.641. The van der Waals surface area contributed by atoms with E-state index < -0.39 is 0 Å². The molecule has 1 N–H and O–H groups in total. The third-order valence-electron chi connectivity index (χ3n) is 2.36. The number of carbonyl (C=O) groups excluding carboxylic acids is 2. The summed E-state index contributed by atoms with van der Waals surface area (Å²) in [5.41, 5.74) is 0. The number of hydrogen-bond acceptors (Lipinski definition) is 5. The smallest absolute Gasteiger partial charge is 0.322 e. The summed E-state index contributed by atoms with van der Waals surface area (Å²) in [6.45, 7) is 0. The van der Waals surface area contributed by atoms with Gasteiger partial charge in [-0.05, 0) is 19.3 Å². The van der Waals surface area contributed by atoms with E-state index in [4.69, 9.17) is 0 Å². The van der Waals surface area contributed by atoms with Gasteiger partial charge >= 0.3 is 11.9 Å². The molecule has 0 aromatic heterocycles. The number of esters is 2. The first-order valence-corrected chi connectivity index (χ1v) is 4.60. The molecule has 0 unspecified atom stereocenters. The lowest BCUT2D eigenvalue weighted by Crippen LogP contribution is -2.50. The average molecular weight is 201 g/mol. The molecule has 1 aliphatic heterocycles. The molecule has 1 fully saturated rings. The lowest BCUT2D eigenvalue weighted by molar-refractivity contribution is -0.148. The monoisotopic (exact) mass is 201 g/mol. The first-order valence-electron chi connectivity index (χ1n) is 4.60. The maximum Gasteiger partial charge on any atom is 0.322 e. The van der Waals surface area contributed by atoms with Crippen LogP contribution in [0.2, 0.25) is 0 Å². The highest BCUT2D eigenvalue weighted by atomic mass is 16.5. The van der Waals surface area contributed by atoms with Crippen molar-refractivity contribution in [1.82, 2.24) is 5.32 Å². The lowest BCUT2D eigenvalue weighted by atomic mass is 9.99. The zero-order valence-electron chi connectivity index (χ0n) is 8.41. The van der Waals surface area contributed by atoms with Crippen molar-refractivity contribution in [3.63, 3.8) is 0 Å². The minimum absolute atomic E-state index is 0.321. The Labute approximate surface area is 82.8 Å². The minimum atomic E-state index is -0.377. The highest BCUT2D eigenvalue weighted by Gasteiger charge is 2.31. The lowest BCUT2D eigenvalue weighted by Gasteiger charge is -2.27. The highest BCUT2D eigenvalue weighted by molar-refractivity contribution is 5.80. The van der Waals surface area contributed by atoms with Crippen molar-refractivity contribution in [3.05, 3.63) is 0 Å². The summed E-state index contributed by atoms with van der Waals surface area (Å²) in [7, 11) is 2.68. The van der Waals surface area contributed by atoms with Gasteiger partial charge in [0, 0.05) is 0 Å². The van der Waals surface area contributed by atoms with E-state index in [1.54, 1.807) is 0 Å². The molecular formula is C9H15NO4. The zero-order valence-corrected chi connectivity index (χ0v) is 8.41. The summed E-state index contributed by atoms with van der Waals surface area (Å²) in [5, 5.41) is 2.91. The first kappa shape index (κ1) is 11.0. The molecule has 1 heterocycles.